The lowest BCUT2D eigenvalue weighted by Gasteiger charge is -2.07. The average molecular weight is 410 g/mol. The lowest BCUT2D eigenvalue weighted by molar-refractivity contribution is -0.120. The largest absolute Gasteiger partial charge is 0.507 e. The van der Waals surface area contributed by atoms with Gasteiger partial charge in [-0.25, -0.2) is 5.43 Å². The van der Waals surface area contributed by atoms with E-state index >= 15 is 0 Å². The minimum atomic E-state index is -0.547. The van der Waals surface area contributed by atoms with Crippen molar-refractivity contribution in [3.63, 3.8) is 0 Å². The standard InChI is InChI=1S/C22H20ClN3O3/c1-14(10-21(28)24-13-15-6-8-18(23)9-7-15)25-26-22(29)19-11-16-4-2-3-5-17(16)12-20(19)27/h2-9,11-12,27H,10,13H2,1H3,(H,24,28)(H,26,29)/b25-14-. The number of benzene rings is 3. The van der Waals surface area contributed by atoms with E-state index in [2.05, 4.69) is 15.8 Å². The highest BCUT2D eigenvalue weighted by Gasteiger charge is 2.12. The summed E-state index contributed by atoms with van der Waals surface area (Å²) in [4.78, 5) is 24.4. The fraction of sp³-hybridized carbons (Fsp3) is 0.136. The maximum atomic E-state index is 12.3. The minimum absolute atomic E-state index is 0.0393. The van der Waals surface area contributed by atoms with E-state index < -0.39 is 5.91 Å². The Labute approximate surface area is 173 Å². The zero-order valence-electron chi connectivity index (χ0n) is 15.8. The van der Waals surface area contributed by atoms with Crippen molar-refractivity contribution in [3.05, 3.63) is 76.8 Å². The van der Waals surface area contributed by atoms with Crippen molar-refractivity contribution >= 4 is 39.9 Å². The van der Waals surface area contributed by atoms with Crippen molar-refractivity contribution in [2.24, 2.45) is 5.10 Å². The van der Waals surface area contributed by atoms with E-state index in [1.54, 1.807) is 25.1 Å². The first-order chi connectivity index (χ1) is 13.9. The Morgan fingerprint density at radius 2 is 1.69 bits per heavy atom. The average Bonchev–Trinajstić information content (AvgIpc) is 2.71. The number of carbonyl (C=O) groups excluding carboxylic acids is 2. The monoisotopic (exact) mass is 409 g/mol. The van der Waals surface area contributed by atoms with Crippen LogP contribution in [0.2, 0.25) is 5.02 Å². The maximum Gasteiger partial charge on any atom is 0.275 e. The Bertz CT molecular complexity index is 1080. The van der Waals surface area contributed by atoms with Gasteiger partial charge in [-0.3, -0.25) is 9.59 Å². The number of aromatic hydroxyl groups is 1. The van der Waals surface area contributed by atoms with Crippen LogP contribution >= 0.6 is 11.6 Å². The summed E-state index contributed by atoms with van der Waals surface area (Å²) in [6.07, 6.45) is 0.0393. The van der Waals surface area contributed by atoms with Gasteiger partial charge in [0.2, 0.25) is 5.91 Å². The van der Waals surface area contributed by atoms with Gasteiger partial charge >= 0.3 is 0 Å². The van der Waals surface area contributed by atoms with Gasteiger partial charge in [-0.15, -0.1) is 0 Å². The van der Waals surface area contributed by atoms with E-state index in [0.717, 1.165) is 16.3 Å². The molecule has 29 heavy (non-hydrogen) atoms. The molecule has 0 radical (unpaired) electrons. The molecular weight excluding hydrogens is 390 g/mol. The summed E-state index contributed by atoms with van der Waals surface area (Å²) < 4.78 is 0. The van der Waals surface area contributed by atoms with Crippen LogP contribution in [0.3, 0.4) is 0 Å². The Morgan fingerprint density at radius 1 is 1.03 bits per heavy atom. The Kier molecular flexibility index (Phi) is 6.46. The molecule has 7 heteroatoms. The van der Waals surface area contributed by atoms with Gasteiger partial charge in [-0.2, -0.15) is 5.10 Å². The summed E-state index contributed by atoms with van der Waals surface area (Å²) in [7, 11) is 0. The molecule has 2 amide bonds. The highest BCUT2D eigenvalue weighted by atomic mass is 35.5. The number of nitrogens with one attached hydrogen (secondary N) is 2. The van der Waals surface area contributed by atoms with E-state index in [1.807, 2.05) is 36.4 Å². The summed E-state index contributed by atoms with van der Waals surface area (Å²) in [5.41, 5.74) is 3.87. The Morgan fingerprint density at radius 3 is 2.38 bits per heavy atom. The van der Waals surface area contributed by atoms with Gasteiger partial charge in [0.15, 0.2) is 0 Å². The topological polar surface area (TPSA) is 90.8 Å². The highest BCUT2D eigenvalue weighted by Crippen LogP contribution is 2.24. The summed E-state index contributed by atoms with van der Waals surface area (Å²) >= 11 is 5.83. The number of nitrogens with zero attached hydrogens (tertiary/aromatic N) is 1. The second-order valence-corrected chi connectivity index (χ2v) is 7.02. The van der Waals surface area contributed by atoms with E-state index in [1.165, 1.54) is 6.07 Å². The van der Waals surface area contributed by atoms with E-state index in [-0.39, 0.29) is 23.6 Å². The molecule has 0 saturated heterocycles. The number of phenolic OH excluding ortho intramolecular Hbond substituents is 1. The molecule has 0 atom stereocenters. The number of halogens is 1. The number of phenols is 1. The molecule has 3 aromatic rings. The SMILES string of the molecule is C/C(CC(=O)NCc1ccc(Cl)cc1)=N/NC(=O)c1cc2ccccc2cc1O. The van der Waals surface area contributed by atoms with Crippen molar-refractivity contribution in [1.82, 2.24) is 10.7 Å². The zero-order chi connectivity index (χ0) is 20.8. The summed E-state index contributed by atoms with van der Waals surface area (Å²) in [6, 6.07) is 17.7. The van der Waals surface area contributed by atoms with Crippen molar-refractivity contribution in [2.75, 3.05) is 0 Å². The molecule has 0 saturated carbocycles. The smallest absolute Gasteiger partial charge is 0.275 e. The molecule has 0 unspecified atom stereocenters. The summed E-state index contributed by atoms with van der Waals surface area (Å²) in [5, 5.41) is 19.1. The van der Waals surface area contributed by atoms with Crippen molar-refractivity contribution < 1.29 is 14.7 Å². The van der Waals surface area contributed by atoms with E-state index in [9.17, 15) is 14.7 Å². The molecule has 0 fully saturated rings. The predicted octanol–water partition coefficient (Wildman–Crippen LogP) is 4.01. The van der Waals surface area contributed by atoms with Crippen molar-refractivity contribution in [2.45, 2.75) is 19.9 Å². The molecule has 148 valence electrons. The number of fused-ring (bicyclic) bond motifs is 1. The number of carbonyl (C=O) groups is 2. The van der Waals surface area contributed by atoms with Crippen LogP contribution in [0.1, 0.15) is 29.3 Å². The van der Waals surface area contributed by atoms with Gasteiger partial charge in [0, 0.05) is 17.3 Å². The van der Waals surface area contributed by atoms with Gasteiger partial charge in [0.1, 0.15) is 5.75 Å². The second-order valence-electron chi connectivity index (χ2n) is 6.58. The maximum absolute atomic E-state index is 12.3. The quantitative estimate of drug-likeness (QED) is 0.424. The fourth-order valence-electron chi connectivity index (χ4n) is 2.75. The molecule has 3 aromatic carbocycles. The van der Waals surface area contributed by atoms with Gasteiger partial charge in [-0.05, 0) is 47.5 Å². The molecule has 0 aromatic heterocycles. The fourth-order valence-corrected chi connectivity index (χ4v) is 2.88. The van der Waals surface area contributed by atoms with Crippen LogP contribution in [0.5, 0.6) is 5.75 Å². The number of rotatable bonds is 6. The molecule has 0 spiro atoms. The number of amides is 2. The number of hydrazone groups is 1. The second kappa shape index (κ2) is 9.21. The zero-order valence-corrected chi connectivity index (χ0v) is 16.5. The Balaban J connectivity index is 1.56. The normalized spacial score (nSPS) is 11.3. The molecule has 0 aliphatic carbocycles. The van der Waals surface area contributed by atoms with Gasteiger partial charge < -0.3 is 10.4 Å². The summed E-state index contributed by atoms with van der Waals surface area (Å²) in [6.45, 7) is 2.02. The van der Waals surface area contributed by atoms with Crippen LogP contribution in [-0.2, 0) is 11.3 Å². The Hall–Kier alpha value is -3.38. The van der Waals surface area contributed by atoms with Crippen LogP contribution in [0.15, 0.2) is 65.8 Å². The summed E-state index contributed by atoms with van der Waals surface area (Å²) in [5.74, 6) is -0.895. The minimum Gasteiger partial charge on any atom is -0.507 e. The highest BCUT2D eigenvalue weighted by molar-refractivity contribution is 6.30. The van der Waals surface area contributed by atoms with Gasteiger partial charge in [-0.1, -0.05) is 48.0 Å². The molecule has 0 heterocycles. The number of hydrogen-bond acceptors (Lipinski definition) is 4. The first-order valence-electron chi connectivity index (χ1n) is 8.99. The molecule has 3 N–H and O–H groups in total. The van der Waals surface area contributed by atoms with E-state index in [4.69, 9.17) is 11.6 Å². The van der Waals surface area contributed by atoms with Crippen molar-refractivity contribution in [3.8, 4) is 5.75 Å². The third-order valence-electron chi connectivity index (χ3n) is 4.28. The van der Waals surface area contributed by atoms with Crippen LogP contribution in [0.4, 0.5) is 0 Å². The van der Waals surface area contributed by atoms with E-state index in [0.29, 0.717) is 17.3 Å². The lowest BCUT2D eigenvalue weighted by atomic mass is 10.1. The first kappa shape index (κ1) is 20.4. The van der Waals surface area contributed by atoms with Crippen LogP contribution < -0.4 is 10.7 Å². The molecule has 3 rings (SSSR count). The molecule has 0 aliphatic rings. The van der Waals surface area contributed by atoms with Crippen LogP contribution in [0.25, 0.3) is 10.8 Å². The number of hydrogen-bond donors (Lipinski definition) is 3. The third kappa shape index (κ3) is 5.56. The van der Waals surface area contributed by atoms with Crippen LogP contribution in [0, 0.1) is 0 Å². The van der Waals surface area contributed by atoms with Crippen molar-refractivity contribution in [1.29, 1.82) is 0 Å². The third-order valence-corrected chi connectivity index (χ3v) is 4.53. The van der Waals surface area contributed by atoms with Crippen LogP contribution in [-0.4, -0.2) is 22.6 Å². The van der Waals surface area contributed by atoms with Gasteiger partial charge in [0.05, 0.1) is 12.0 Å². The molecule has 0 bridgehead atoms. The molecule has 0 aliphatic heterocycles. The predicted molar refractivity (Wildman–Crippen MR) is 114 cm³/mol. The van der Waals surface area contributed by atoms with Gasteiger partial charge in [0.25, 0.3) is 5.91 Å². The molecule has 6 nitrogen and oxygen atoms in total. The first-order valence-corrected chi connectivity index (χ1v) is 9.36. The lowest BCUT2D eigenvalue weighted by Crippen LogP contribution is -2.26. The molecular formula is C22H20ClN3O3.